The molecule has 0 bridgehead atoms. The summed E-state index contributed by atoms with van der Waals surface area (Å²) >= 11 is 0. The van der Waals surface area contributed by atoms with Crippen LogP contribution < -0.4 is 9.47 Å². The highest BCUT2D eigenvalue weighted by atomic mass is 16.5. The highest BCUT2D eigenvalue weighted by Crippen LogP contribution is 2.28. The van der Waals surface area contributed by atoms with Gasteiger partial charge < -0.3 is 9.47 Å². The molecule has 3 rings (SSSR count). The largest absolute Gasteiger partial charge is 0.489 e. The Morgan fingerprint density at radius 1 is 0.864 bits per heavy atom. The van der Waals surface area contributed by atoms with Crippen molar-refractivity contribution in [1.29, 1.82) is 0 Å². The van der Waals surface area contributed by atoms with Crippen LogP contribution in [-0.2, 0) is 6.61 Å². The van der Waals surface area contributed by atoms with Gasteiger partial charge in [-0.05, 0) is 35.4 Å². The Labute approximate surface area is 130 Å². The van der Waals surface area contributed by atoms with Gasteiger partial charge in [0.1, 0.15) is 12.4 Å². The summed E-state index contributed by atoms with van der Waals surface area (Å²) in [6, 6.07) is 22.0. The molecule has 0 atom stereocenters. The van der Waals surface area contributed by atoms with E-state index in [1.807, 2.05) is 54.6 Å². The molecule has 1 heterocycles. The quantitative estimate of drug-likeness (QED) is 0.701. The highest BCUT2D eigenvalue weighted by Gasteiger charge is 2.06. The fourth-order valence-electron chi connectivity index (χ4n) is 2.24. The van der Waals surface area contributed by atoms with Gasteiger partial charge >= 0.3 is 0 Å². The molecule has 3 nitrogen and oxygen atoms in total. The van der Waals surface area contributed by atoms with E-state index in [0.29, 0.717) is 12.5 Å². The van der Waals surface area contributed by atoms with Gasteiger partial charge in [0.05, 0.1) is 7.11 Å². The monoisotopic (exact) mass is 291 g/mol. The van der Waals surface area contributed by atoms with E-state index in [1.54, 1.807) is 13.3 Å². The summed E-state index contributed by atoms with van der Waals surface area (Å²) in [5.74, 6) is 1.47. The van der Waals surface area contributed by atoms with Crippen LogP contribution in [0.5, 0.6) is 11.6 Å². The van der Waals surface area contributed by atoms with Crippen LogP contribution in [0.25, 0.3) is 11.1 Å². The Balaban J connectivity index is 1.73. The van der Waals surface area contributed by atoms with Gasteiger partial charge in [-0.2, -0.15) is 0 Å². The normalized spacial score (nSPS) is 10.2. The minimum Gasteiger partial charge on any atom is -0.489 e. The topological polar surface area (TPSA) is 31.4 Å². The van der Waals surface area contributed by atoms with Crippen molar-refractivity contribution in [3.63, 3.8) is 0 Å². The number of methoxy groups -OCH3 is 1. The first-order valence-corrected chi connectivity index (χ1v) is 7.13. The molecule has 3 heteroatoms. The maximum atomic E-state index is 5.79. The van der Waals surface area contributed by atoms with E-state index in [9.17, 15) is 0 Å². The third-order valence-electron chi connectivity index (χ3n) is 3.38. The number of hydrogen-bond acceptors (Lipinski definition) is 3. The van der Waals surface area contributed by atoms with Crippen molar-refractivity contribution in [3.8, 4) is 22.8 Å². The van der Waals surface area contributed by atoms with Crippen LogP contribution in [0.4, 0.5) is 0 Å². The Morgan fingerprint density at radius 2 is 1.64 bits per heavy atom. The number of benzene rings is 2. The first kappa shape index (κ1) is 14.1. The van der Waals surface area contributed by atoms with Crippen molar-refractivity contribution in [2.45, 2.75) is 6.61 Å². The average Bonchev–Trinajstić information content (AvgIpc) is 2.61. The number of pyridine rings is 1. The molecule has 0 saturated heterocycles. The molecular formula is C19H17NO2. The molecule has 22 heavy (non-hydrogen) atoms. The third-order valence-corrected chi connectivity index (χ3v) is 3.38. The van der Waals surface area contributed by atoms with Crippen molar-refractivity contribution in [1.82, 2.24) is 4.98 Å². The standard InChI is InChI=1S/C19H17NO2/c1-21-19-18(8-5-13-20-19)16-9-11-17(12-10-16)22-14-15-6-3-2-4-7-15/h2-13H,14H2,1H3. The van der Waals surface area contributed by atoms with Crippen molar-refractivity contribution in [2.75, 3.05) is 7.11 Å². The van der Waals surface area contributed by atoms with Crippen molar-refractivity contribution >= 4 is 0 Å². The molecule has 0 fully saturated rings. The van der Waals surface area contributed by atoms with Crippen LogP contribution in [0.2, 0.25) is 0 Å². The number of ether oxygens (including phenoxy) is 2. The zero-order valence-electron chi connectivity index (χ0n) is 12.4. The van der Waals surface area contributed by atoms with E-state index in [-0.39, 0.29) is 0 Å². The Hall–Kier alpha value is -2.81. The van der Waals surface area contributed by atoms with Gasteiger partial charge in [0.25, 0.3) is 0 Å². The second-order valence-corrected chi connectivity index (χ2v) is 4.86. The molecule has 2 aromatic carbocycles. The van der Waals surface area contributed by atoms with Gasteiger partial charge in [-0.1, -0.05) is 42.5 Å². The van der Waals surface area contributed by atoms with Gasteiger partial charge in [0, 0.05) is 11.8 Å². The lowest BCUT2D eigenvalue weighted by molar-refractivity contribution is 0.306. The van der Waals surface area contributed by atoms with Gasteiger partial charge in [-0.25, -0.2) is 4.98 Å². The maximum Gasteiger partial charge on any atom is 0.221 e. The zero-order chi connectivity index (χ0) is 15.2. The Morgan fingerprint density at radius 3 is 2.36 bits per heavy atom. The second kappa shape index (κ2) is 6.76. The molecule has 0 amide bonds. The molecule has 0 aliphatic rings. The third kappa shape index (κ3) is 3.26. The van der Waals surface area contributed by atoms with Crippen LogP contribution in [0.15, 0.2) is 72.9 Å². The zero-order valence-corrected chi connectivity index (χ0v) is 12.4. The fraction of sp³-hybridized carbons (Fsp3) is 0.105. The molecule has 0 spiro atoms. The van der Waals surface area contributed by atoms with Crippen LogP contribution in [0.1, 0.15) is 5.56 Å². The average molecular weight is 291 g/mol. The van der Waals surface area contributed by atoms with Crippen molar-refractivity contribution < 1.29 is 9.47 Å². The number of hydrogen-bond donors (Lipinski definition) is 0. The van der Waals surface area contributed by atoms with E-state index < -0.39 is 0 Å². The molecule has 1 aromatic heterocycles. The lowest BCUT2D eigenvalue weighted by Crippen LogP contribution is -1.95. The molecule has 0 aliphatic heterocycles. The van der Waals surface area contributed by atoms with Crippen molar-refractivity contribution in [3.05, 3.63) is 78.5 Å². The summed E-state index contributed by atoms with van der Waals surface area (Å²) in [6.07, 6.45) is 1.72. The Bertz CT molecular complexity index is 724. The molecule has 110 valence electrons. The van der Waals surface area contributed by atoms with Crippen LogP contribution >= 0.6 is 0 Å². The van der Waals surface area contributed by atoms with Gasteiger partial charge in [0.15, 0.2) is 0 Å². The predicted octanol–water partition coefficient (Wildman–Crippen LogP) is 4.34. The number of aromatic nitrogens is 1. The molecule has 0 radical (unpaired) electrons. The summed E-state index contributed by atoms with van der Waals surface area (Å²) in [4.78, 5) is 4.22. The van der Waals surface area contributed by atoms with Gasteiger partial charge in [-0.15, -0.1) is 0 Å². The molecule has 3 aromatic rings. The SMILES string of the molecule is COc1ncccc1-c1ccc(OCc2ccccc2)cc1. The van der Waals surface area contributed by atoms with E-state index in [1.165, 1.54) is 0 Å². The van der Waals surface area contributed by atoms with Crippen LogP contribution in [0, 0.1) is 0 Å². The number of rotatable bonds is 5. The van der Waals surface area contributed by atoms with E-state index >= 15 is 0 Å². The summed E-state index contributed by atoms with van der Waals surface area (Å²) in [5, 5.41) is 0. The maximum absolute atomic E-state index is 5.79. The van der Waals surface area contributed by atoms with E-state index in [2.05, 4.69) is 17.1 Å². The smallest absolute Gasteiger partial charge is 0.221 e. The van der Waals surface area contributed by atoms with Crippen LogP contribution in [0.3, 0.4) is 0 Å². The van der Waals surface area contributed by atoms with Gasteiger partial charge in [-0.3, -0.25) is 0 Å². The molecule has 0 saturated carbocycles. The summed E-state index contributed by atoms with van der Waals surface area (Å²) in [5.41, 5.74) is 3.18. The lowest BCUT2D eigenvalue weighted by Gasteiger charge is -2.09. The highest BCUT2D eigenvalue weighted by molar-refractivity contribution is 5.68. The first-order chi connectivity index (χ1) is 10.9. The summed E-state index contributed by atoms with van der Waals surface area (Å²) in [7, 11) is 1.63. The predicted molar refractivity (Wildman–Crippen MR) is 87.0 cm³/mol. The fourth-order valence-corrected chi connectivity index (χ4v) is 2.24. The molecule has 0 aliphatic carbocycles. The summed E-state index contributed by atoms with van der Waals surface area (Å²) in [6.45, 7) is 0.566. The molecule has 0 unspecified atom stereocenters. The summed E-state index contributed by atoms with van der Waals surface area (Å²) < 4.78 is 11.1. The molecule has 0 N–H and O–H groups in total. The lowest BCUT2D eigenvalue weighted by atomic mass is 10.1. The van der Waals surface area contributed by atoms with E-state index in [0.717, 1.165) is 22.4 Å². The number of nitrogens with zero attached hydrogens (tertiary/aromatic N) is 1. The van der Waals surface area contributed by atoms with Gasteiger partial charge in [0.2, 0.25) is 5.88 Å². The minimum absolute atomic E-state index is 0.566. The van der Waals surface area contributed by atoms with Crippen molar-refractivity contribution in [2.24, 2.45) is 0 Å². The van der Waals surface area contributed by atoms with E-state index in [4.69, 9.17) is 9.47 Å². The second-order valence-electron chi connectivity index (χ2n) is 4.86. The minimum atomic E-state index is 0.566. The Kier molecular flexibility index (Phi) is 4.35. The van der Waals surface area contributed by atoms with Crippen LogP contribution in [-0.4, -0.2) is 12.1 Å². The first-order valence-electron chi connectivity index (χ1n) is 7.13. The molecular weight excluding hydrogens is 274 g/mol.